The summed E-state index contributed by atoms with van der Waals surface area (Å²) in [7, 11) is 0. The molecule has 14 heteroatoms. The molecule has 2 N–H and O–H groups in total. The van der Waals surface area contributed by atoms with Crippen molar-refractivity contribution in [2.24, 2.45) is 0 Å². The van der Waals surface area contributed by atoms with Crippen LogP contribution in [-0.2, 0) is 20.7 Å². The smallest absolute Gasteiger partial charge is 0.345 e. The molecule has 0 amide bonds. The highest BCUT2D eigenvalue weighted by atomic mass is 35.5. The third-order valence-electron chi connectivity index (χ3n) is 5.66. The molecular weight excluding hydrogens is 609 g/mol. The summed E-state index contributed by atoms with van der Waals surface area (Å²) in [6.07, 6.45) is 2.92. The number of nitrogens with zero attached hydrogens (tertiary/aromatic N) is 1. The van der Waals surface area contributed by atoms with Crippen molar-refractivity contribution in [2.75, 3.05) is 6.79 Å². The molecule has 0 aliphatic heterocycles. The maximum atomic E-state index is 12.8. The van der Waals surface area contributed by atoms with Gasteiger partial charge in [0, 0.05) is 40.6 Å². The Labute approximate surface area is 246 Å². The van der Waals surface area contributed by atoms with E-state index < -0.39 is 24.4 Å². The van der Waals surface area contributed by atoms with E-state index in [1.54, 1.807) is 12.1 Å². The number of carbonyl (C=O) groups excluding carboxylic acids is 2. The molecule has 4 aromatic rings. The van der Waals surface area contributed by atoms with Crippen LogP contribution < -0.4 is 15.2 Å². The van der Waals surface area contributed by atoms with Gasteiger partial charge in [-0.25, -0.2) is 9.59 Å². The first kappa shape index (κ1) is 29.6. The average molecular weight is 631 g/mol. The van der Waals surface area contributed by atoms with Crippen LogP contribution in [0.2, 0.25) is 15.1 Å². The van der Waals surface area contributed by atoms with Gasteiger partial charge in [-0.1, -0.05) is 41.2 Å². The normalized spacial score (nSPS) is 11.1. The number of rotatable bonds is 11. The van der Waals surface area contributed by atoms with Crippen LogP contribution >= 0.6 is 46.1 Å². The molecule has 0 atom stereocenters. The number of benzene rings is 1. The van der Waals surface area contributed by atoms with Gasteiger partial charge in [-0.2, -0.15) is 0 Å². The van der Waals surface area contributed by atoms with Crippen LogP contribution in [0.15, 0.2) is 39.5 Å². The Morgan fingerprint density at radius 1 is 1.00 bits per heavy atom. The molecule has 0 radical (unpaired) electrons. The van der Waals surface area contributed by atoms with Crippen LogP contribution in [0.3, 0.4) is 0 Å². The van der Waals surface area contributed by atoms with Crippen molar-refractivity contribution in [3.05, 3.63) is 60.7 Å². The Morgan fingerprint density at radius 3 is 2.42 bits per heavy atom. The second-order valence-corrected chi connectivity index (χ2v) is 10.8. The number of hydrogen-bond acceptors (Lipinski definition) is 10. The number of fused-ring (bicyclic) bond motifs is 1. The second-order valence-electron chi connectivity index (χ2n) is 8.49. The molecule has 0 saturated carbocycles. The summed E-state index contributed by atoms with van der Waals surface area (Å²) in [4.78, 5) is 42.4. The van der Waals surface area contributed by atoms with Gasteiger partial charge in [0.25, 0.3) is 0 Å². The van der Waals surface area contributed by atoms with Gasteiger partial charge in [0.1, 0.15) is 10.0 Å². The Hall–Kier alpha value is -3.38. The third kappa shape index (κ3) is 6.67. The number of hydrogen-bond donors (Lipinski definition) is 2. The summed E-state index contributed by atoms with van der Waals surface area (Å²) in [6, 6.07) is 7.68. The van der Waals surface area contributed by atoms with E-state index in [0.29, 0.717) is 21.4 Å². The van der Waals surface area contributed by atoms with Crippen molar-refractivity contribution in [3.63, 3.8) is 0 Å². The minimum Gasteiger partial charge on any atom is -0.492 e. The summed E-state index contributed by atoms with van der Waals surface area (Å²) in [5, 5.41) is 19.3. The summed E-state index contributed by atoms with van der Waals surface area (Å²) in [5.74, 6) is -1.97. The summed E-state index contributed by atoms with van der Waals surface area (Å²) >= 11 is 20.6. The number of unbranched alkanes of at least 4 members (excludes halogenated alkanes) is 2. The lowest BCUT2D eigenvalue weighted by Crippen LogP contribution is -2.18. The zero-order valence-electron chi connectivity index (χ0n) is 20.9. The number of carbonyl (C=O) groups is 2. The molecular formula is C26H22Cl3NO9S. The predicted molar refractivity (Wildman–Crippen MR) is 150 cm³/mol. The van der Waals surface area contributed by atoms with Crippen LogP contribution in [0.1, 0.15) is 37.5 Å². The molecule has 0 bridgehead atoms. The average Bonchev–Trinajstić information content (AvgIpc) is 3.50. The van der Waals surface area contributed by atoms with Gasteiger partial charge in [0.15, 0.2) is 11.3 Å². The SMILES string of the molecule is CC(=O)OCOc1c(Cl)c(Cl)c2cc(-c3ccc(CCCCCC(=O)On4c(O)ccc4O)s3)c(=O)oc2c1Cl. The zero-order chi connectivity index (χ0) is 29.0. The van der Waals surface area contributed by atoms with Gasteiger partial charge in [-0.3, -0.25) is 4.79 Å². The quantitative estimate of drug-likeness (QED) is 0.0638. The fourth-order valence-electron chi connectivity index (χ4n) is 3.73. The highest BCUT2D eigenvalue weighted by Gasteiger charge is 2.22. The maximum Gasteiger partial charge on any atom is 0.345 e. The number of halogens is 3. The number of esters is 1. The van der Waals surface area contributed by atoms with E-state index in [-0.39, 0.29) is 50.1 Å². The summed E-state index contributed by atoms with van der Waals surface area (Å²) in [5.41, 5.74) is -0.365. The first-order valence-corrected chi connectivity index (χ1v) is 13.8. The van der Waals surface area contributed by atoms with E-state index in [1.807, 2.05) is 6.07 Å². The molecule has 3 heterocycles. The number of thiophene rings is 1. The molecule has 0 fully saturated rings. The van der Waals surface area contributed by atoms with E-state index >= 15 is 0 Å². The Kier molecular flexibility index (Phi) is 9.52. The van der Waals surface area contributed by atoms with Gasteiger partial charge in [0.2, 0.25) is 18.6 Å². The largest absolute Gasteiger partial charge is 0.492 e. The van der Waals surface area contributed by atoms with Crippen molar-refractivity contribution >= 4 is 69.0 Å². The van der Waals surface area contributed by atoms with Gasteiger partial charge < -0.3 is 28.9 Å². The fourth-order valence-corrected chi connectivity index (χ4v) is 5.60. The first-order valence-electron chi connectivity index (χ1n) is 11.9. The first-order chi connectivity index (χ1) is 19.1. The number of aromatic hydroxyl groups is 2. The van der Waals surface area contributed by atoms with Crippen LogP contribution in [0, 0.1) is 0 Å². The summed E-state index contributed by atoms with van der Waals surface area (Å²) in [6.45, 7) is 0.757. The molecule has 0 unspecified atom stereocenters. The molecule has 212 valence electrons. The van der Waals surface area contributed by atoms with Crippen LogP contribution in [0.4, 0.5) is 0 Å². The number of ether oxygens (including phenoxy) is 2. The lowest BCUT2D eigenvalue weighted by atomic mass is 10.1. The Bertz CT molecular complexity index is 1610. The Morgan fingerprint density at radius 2 is 1.73 bits per heavy atom. The zero-order valence-corrected chi connectivity index (χ0v) is 24.0. The molecule has 1 aromatic carbocycles. The van der Waals surface area contributed by atoms with Crippen LogP contribution in [0.5, 0.6) is 17.5 Å². The van der Waals surface area contributed by atoms with E-state index in [4.69, 9.17) is 53.5 Å². The van der Waals surface area contributed by atoms with E-state index in [9.17, 15) is 24.6 Å². The van der Waals surface area contributed by atoms with Crippen molar-refractivity contribution < 1.29 is 38.5 Å². The van der Waals surface area contributed by atoms with E-state index in [2.05, 4.69) is 0 Å². The molecule has 10 nitrogen and oxygen atoms in total. The van der Waals surface area contributed by atoms with Gasteiger partial charge in [0.05, 0.1) is 10.6 Å². The predicted octanol–water partition coefficient (Wildman–Crippen LogP) is 6.35. The minimum absolute atomic E-state index is 0.0138. The molecule has 4 rings (SSSR count). The number of aromatic nitrogens is 1. The standard InChI is InChI=1S/C26H22Cl3NO9S/c1-13(31)36-12-37-25-22(28)21(27)16-11-15(26(35)38-24(16)23(25)29)17-8-7-14(40-17)5-3-2-4-6-20(34)39-30-18(32)9-10-19(30)33/h7-11,32-33H,2-6,12H2,1H3. The van der Waals surface area contributed by atoms with Crippen molar-refractivity contribution in [3.8, 4) is 28.0 Å². The minimum atomic E-state index is -0.634. The topological polar surface area (TPSA) is 137 Å². The second kappa shape index (κ2) is 12.9. The monoisotopic (exact) mass is 629 g/mol. The lowest BCUT2D eigenvalue weighted by Gasteiger charge is -2.13. The van der Waals surface area contributed by atoms with Crippen LogP contribution in [-0.4, -0.2) is 33.7 Å². The van der Waals surface area contributed by atoms with Crippen molar-refractivity contribution in [1.82, 2.24) is 4.73 Å². The van der Waals surface area contributed by atoms with E-state index in [0.717, 1.165) is 24.1 Å². The molecule has 0 saturated heterocycles. The summed E-state index contributed by atoms with van der Waals surface area (Å²) < 4.78 is 16.2. The molecule has 0 spiro atoms. The van der Waals surface area contributed by atoms with Gasteiger partial charge >= 0.3 is 17.6 Å². The molecule has 40 heavy (non-hydrogen) atoms. The van der Waals surface area contributed by atoms with Crippen molar-refractivity contribution in [1.29, 1.82) is 0 Å². The van der Waals surface area contributed by atoms with E-state index in [1.165, 1.54) is 30.4 Å². The van der Waals surface area contributed by atoms with Crippen molar-refractivity contribution in [2.45, 2.75) is 39.0 Å². The highest BCUT2D eigenvalue weighted by molar-refractivity contribution is 7.15. The highest BCUT2D eigenvalue weighted by Crippen LogP contribution is 2.45. The van der Waals surface area contributed by atoms with Gasteiger partial charge in [-0.05, 0) is 37.5 Å². The maximum absolute atomic E-state index is 12.8. The number of aryl methyl sites for hydroxylation is 1. The molecule has 0 aliphatic carbocycles. The third-order valence-corrected chi connectivity index (χ3v) is 8.03. The molecule has 3 aromatic heterocycles. The Balaban J connectivity index is 1.39. The van der Waals surface area contributed by atoms with Crippen LogP contribution in [0.25, 0.3) is 21.4 Å². The van der Waals surface area contributed by atoms with Gasteiger partial charge in [-0.15, -0.1) is 16.1 Å². The lowest BCUT2D eigenvalue weighted by molar-refractivity contribution is -0.147. The fraction of sp³-hybridized carbons (Fsp3) is 0.269. The molecule has 0 aliphatic rings.